The number of esters is 2. The zero-order valence-corrected chi connectivity index (χ0v) is 13.3. The summed E-state index contributed by atoms with van der Waals surface area (Å²) >= 11 is 0. The molecule has 23 heavy (non-hydrogen) atoms. The van der Waals surface area contributed by atoms with Gasteiger partial charge >= 0.3 is 11.9 Å². The molecule has 1 fully saturated rings. The summed E-state index contributed by atoms with van der Waals surface area (Å²) in [6, 6.07) is 9.32. The van der Waals surface area contributed by atoms with Crippen molar-refractivity contribution in [2.75, 3.05) is 20.8 Å². The first-order chi connectivity index (χ1) is 11.1. The van der Waals surface area contributed by atoms with E-state index in [-0.39, 0.29) is 24.7 Å². The van der Waals surface area contributed by atoms with E-state index < -0.39 is 17.4 Å². The lowest BCUT2D eigenvalue weighted by Gasteiger charge is -2.23. The van der Waals surface area contributed by atoms with Gasteiger partial charge in [0, 0.05) is 11.8 Å². The van der Waals surface area contributed by atoms with Gasteiger partial charge in [0.2, 0.25) is 0 Å². The van der Waals surface area contributed by atoms with Gasteiger partial charge in [-0.05, 0) is 25.0 Å². The van der Waals surface area contributed by atoms with Crippen molar-refractivity contribution in [2.24, 2.45) is 17.3 Å². The van der Waals surface area contributed by atoms with Crippen molar-refractivity contribution in [3.05, 3.63) is 30.3 Å². The standard InChI is InChI=1S/C18H20O5/c1-4-13-10-18(16(19)21-2,17(20)22-3)11-14(13)12-23-15-8-6-5-7-9-15/h1,5-9,13-14H,10-12H2,2-3H3/t13-,14+/m1/s1. The van der Waals surface area contributed by atoms with E-state index in [1.54, 1.807) is 0 Å². The number of hydrogen-bond donors (Lipinski definition) is 0. The van der Waals surface area contributed by atoms with E-state index in [9.17, 15) is 9.59 Å². The predicted molar refractivity (Wildman–Crippen MR) is 83.4 cm³/mol. The summed E-state index contributed by atoms with van der Waals surface area (Å²) in [5, 5.41) is 0. The first-order valence-electron chi connectivity index (χ1n) is 7.38. The Morgan fingerprint density at radius 1 is 1.17 bits per heavy atom. The number of benzene rings is 1. The van der Waals surface area contributed by atoms with Crippen LogP contribution in [0.1, 0.15) is 12.8 Å². The largest absolute Gasteiger partial charge is 0.493 e. The number of carbonyl (C=O) groups is 2. The van der Waals surface area contributed by atoms with E-state index in [1.807, 2.05) is 30.3 Å². The predicted octanol–water partition coefficient (Wildman–Crippen LogP) is 2.06. The van der Waals surface area contributed by atoms with Crippen molar-refractivity contribution in [1.82, 2.24) is 0 Å². The zero-order chi connectivity index (χ0) is 16.9. The third kappa shape index (κ3) is 3.31. The Bertz CT molecular complexity index is 586. The molecule has 2 atom stereocenters. The van der Waals surface area contributed by atoms with Gasteiger partial charge in [-0.3, -0.25) is 9.59 Å². The number of terminal acetylenes is 1. The molecular formula is C18H20O5. The lowest BCUT2D eigenvalue weighted by Crippen LogP contribution is -2.39. The molecule has 1 aromatic rings. The lowest BCUT2D eigenvalue weighted by molar-refractivity contribution is -0.169. The fourth-order valence-corrected chi connectivity index (χ4v) is 3.11. The highest BCUT2D eigenvalue weighted by Crippen LogP contribution is 2.47. The topological polar surface area (TPSA) is 61.8 Å². The van der Waals surface area contributed by atoms with E-state index in [0.717, 1.165) is 5.75 Å². The molecule has 0 unspecified atom stereocenters. The quantitative estimate of drug-likeness (QED) is 0.473. The summed E-state index contributed by atoms with van der Waals surface area (Å²) in [7, 11) is 2.51. The first-order valence-corrected chi connectivity index (χ1v) is 7.38. The van der Waals surface area contributed by atoms with E-state index in [4.69, 9.17) is 20.6 Å². The van der Waals surface area contributed by atoms with Crippen molar-refractivity contribution in [3.63, 3.8) is 0 Å². The smallest absolute Gasteiger partial charge is 0.323 e. The molecule has 0 amide bonds. The van der Waals surface area contributed by atoms with Crippen LogP contribution < -0.4 is 4.74 Å². The fraction of sp³-hybridized carbons (Fsp3) is 0.444. The molecule has 0 heterocycles. The Balaban J connectivity index is 2.16. The second-order valence-corrected chi connectivity index (χ2v) is 5.63. The molecule has 5 heteroatoms. The van der Waals surface area contributed by atoms with Crippen molar-refractivity contribution < 1.29 is 23.8 Å². The van der Waals surface area contributed by atoms with Gasteiger partial charge in [0.15, 0.2) is 5.41 Å². The van der Waals surface area contributed by atoms with Gasteiger partial charge in [0.1, 0.15) is 5.75 Å². The third-order valence-corrected chi connectivity index (χ3v) is 4.32. The number of ether oxygens (including phenoxy) is 3. The minimum Gasteiger partial charge on any atom is -0.493 e. The van der Waals surface area contributed by atoms with Gasteiger partial charge in [0.05, 0.1) is 20.8 Å². The number of para-hydroxylation sites is 1. The van der Waals surface area contributed by atoms with Gasteiger partial charge in [0.25, 0.3) is 0 Å². The van der Waals surface area contributed by atoms with Crippen LogP contribution in [-0.2, 0) is 19.1 Å². The summed E-state index contributed by atoms with van der Waals surface area (Å²) in [5.41, 5.74) is -1.34. The van der Waals surface area contributed by atoms with Gasteiger partial charge < -0.3 is 14.2 Å². The molecule has 1 saturated carbocycles. The maximum atomic E-state index is 12.2. The lowest BCUT2D eigenvalue weighted by atomic mass is 9.85. The SMILES string of the molecule is C#C[C@@H]1CC(C(=O)OC)(C(=O)OC)C[C@H]1COc1ccccc1. The summed E-state index contributed by atoms with van der Waals surface area (Å²) in [6.45, 7) is 0.328. The Morgan fingerprint density at radius 3 is 2.30 bits per heavy atom. The summed E-state index contributed by atoms with van der Waals surface area (Å²) < 4.78 is 15.4. The first kappa shape index (κ1) is 16.9. The van der Waals surface area contributed by atoms with E-state index >= 15 is 0 Å². The van der Waals surface area contributed by atoms with Gasteiger partial charge in [-0.1, -0.05) is 18.2 Å². The van der Waals surface area contributed by atoms with E-state index in [0.29, 0.717) is 6.61 Å². The normalized spacial score (nSPS) is 22.0. The van der Waals surface area contributed by atoms with Gasteiger partial charge in [-0.2, -0.15) is 0 Å². The van der Waals surface area contributed by atoms with Crippen LogP contribution in [0.25, 0.3) is 0 Å². The minimum atomic E-state index is -1.34. The fourth-order valence-electron chi connectivity index (χ4n) is 3.11. The van der Waals surface area contributed by atoms with Crippen molar-refractivity contribution in [3.8, 4) is 18.1 Å². The molecule has 0 aromatic heterocycles. The van der Waals surface area contributed by atoms with Crippen LogP contribution in [0.2, 0.25) is 0 Å². The number of methoxy groups -OCH3 is 2. The van der Waals surface area contributed by atoms with Crippen molar-refractivity contribution >= 4 is 11.9 Å². The molecule has 2 rings (SSSR count). The molecule has 1 aromatic carbocycles. The monoisotopic (exact) mass is 316 g/mol. The average molecular weight is 316 g/mol. The Kier molecular flexibility index (Phi) is 5.28. The second kappa shape index (κ2) is 7.19. The highest BCUT2D eigenvalue weighted by molar-refractivity contribution is 6.00. The molecule has 1 aliphatic carbocycles. The molecule has 0 bridgehead atoms. The maximum Gasteiger partial charge on any atom is 0.323 e. The van der Waals surface area contributed by atoms with Crippen LogP contribution >= 0.6 is 0 Å². The van der Waals surface area contributed by atoms with Gasteiger partial charge in [-0.15, -0.1) is 12.3 Å². The molecule has 0 saturated heterocycles. The number of hydrogen-bond acceptors (Lipinski definition) is 5. The van der Waals surface area contributed by atoms with Crippen LogP contribution in [0.15, 0.2) is 30.3 Å². The average Bonchev–Trinajstić information content (AvgIpc) is 2.99. The van der Waals surface area contributed by atoms with Crippen LogP contribution in [-0.4, -0.2) is 32.8 Å². The molecule has 0 aliphatic heterocycles. The van der Waals surface area contributed by atoms with Crippen molar-refractivity contribution in [1.29, 1.82) is 0 Å². The molecule has 0 spiro atoms. The van der Waals surface area contributed by atoms with Crippen molar-refractivity contribution in [2.45, 2.75) is 12.8 Å². The Labute approximate surface area is 135 Å². The van der Waals surface area contributed by atoms with E-state index in [2.05, 4.69) is 5.92 Å². The highest BCUT2D eigenvalue weighted by Gasteiger charge is 2.57. The number of rotatable bonds is 5. The number of carbonyl (C=O) groups excluding carboxylic acids is 2. The zero-order valence-electron chi connectivity index (χ0n) is 13.3. The molecular weight excluding hydrogens is 296 g/mol. The Hall–Kier alpha value is -2.48. The molecule has 1 aliphatic rings. The molecule has 5 nitrogen and oxygen atoms in total. The summed E-state index contributed by atoms with van der Waals surface area (Å²) in [4.78, 5) is 24.4. The summed E-state index contributed by atoms with van der Waals surface area (Å²) in [6.07, 6.45) is 6.06. The van der Waals surface area contributed by atoms with Crippen LogP contribution in [0, 0.1) is 29.6 Å². The van der Waals surface area contributed by atoms with Gasteiger partial charge in [-0.25, -0.2) is 0 Å². The highest BCUT2D eigenvalue weighted by atomic mass is 16.5. The second-order valence-electron chi connectivity index (χ2n) is 5.63. The molecule has 0 radical (unpaired) electrons. The van der Waals surface area contributed by atoms with Crippen LogP contribution in [0.5, 0.6) is 5.75 Å². The molecule has 122 valence electrons. The third-order valence-electron chi connectivity index (χ3n) is 4.32. The maximum absolute atomic E-state index is 12.2. The minimum absolute atomic E-state index is 0.126. The van der Waals surface area contributed by atoms with Crippen LogP contribution in [0.4, 0.5) is 0 Å². The van der Waals surface area contributed by atoms with Crippen LogP contribution in [0.3, 0.4) is 0 Å². The molecule has 0 N–H and O–H groups in total. The summed E-state index contributed by atoms with van der Waals surface area (Å²) in [5.74, 6) is 1.80. The Morgan fingerprint density at radius 2 is 1.78 bits per heavy atom. The van der Waals surface area contributed by atoms with E-state index in [1.165, 1.54) is 14.2 Å².